The molecule has 0 spiro atoms. The number of rotatable bonds is 10. The van der Waals surface area contributed by atoms with Gasteiger partial charge in [0.25, 0.3) is 5.91 Å². The average Bonchev–Trinajstić information content (AvgIpc) is 2.74. The molecule has 0 heterocycles. The van der Waals surface area contributed by atoms with Crippen molar-refractivity contribution in [3.05, 3.63) is 54.1 Å². The minimum Gasteiger partial charge on any atom is -0.493 e. The average molecular weight is 405 g/mol. The SMILES string of the molecule is CC[S@@](=O)c1ccccc1C(=O)OCC(=O)NCCOc1ccccc1OC. The van der Waals surface area contributed by atoms with Crippen LogP contribution in [0.3, 0.4) is 0 Å². The van der Waals surface area contributed by atoms with Gasteiger partial charge >= 0.3 is 5.97 Å². The molecule has 0 aliphatic rings. The highest BCUT2D eigenvalue weighted by Crippen LogP contribution is 2.25. The minimum absolute atomic E-state index is 0.204. The van der Waals surface area contributed by atoms with E-state index in [2.05, 4.69) is 5.32 Å². The molecule has 0 saturated heterocycles. The number of hydrogen-bond acceptors (Lipinski definition) is 6. The zero-order valence-corrected chi connectivity index (χ0v) is 16.6. The quantitative estimate of drug-likeness (QED) is 0.481. The molecule has 28 heavy (non-hydrogen) atoms. The first-order valence-corrected chi connectivity index (χ1v) is 10.1. The van der Waals surface area contributed by atoms with Crippen molar-refractivity contribution in [3.8, 4) is 11.5 Å². The van der Waals surface area contributed by atoms with Gasteiger partial charge in [-0.2, -0.15) is 0 Å². The summed E-state index contributed by atoms with van der Waals surface area (Å²) in [7, 11) is 0.256. The van der Waals surface area contributed by atoms with Crippen LogP contribution < -0.4 is 14.8 Å². The third kappa shape index (κ3) is 6.09. The molecule has 0 aromatic heterocycles. The van der Waals surface area contributed by atoms with Crippen molar-refractivity contribution in [2.24, 2.45) is 0 Å². The van der Waals surface area contributed by atoms with Crippen molar-refractivity contribution in [1.29, 1.82) is 0 Å². The van der Waals surface area contributed by atoms with Crippen LogP contribution in [0, 0.1) is 0 Å². The fourth-order valence-corrected chi connectivity index (χ4v) is 3.28. The molecule has 0 aliphatic carbocycles. The van der Waals surface area contributed by atoms with Crippen LogP contribution in [0.1, 0.15) is 17.3 Å². The van der Waals surface area contributed by atoms with Crippen LogP contribution in [0.2, 0.25) is 0 Å². The van der Waals surface area contributed by atoms with Crippen molar-refractivity contribution in [3.63, 3.8) is 0 Å². The van der Waals surface area contributed by atoms with Gasteiger partial charge in [-0.15, -0.1) is 0 Å². The van der Waals surface area contributed by atoms with E-state index in [4.69, 9.17) is 14.2 Å². The molecule has 0 saturated carbocycles. The highest BCUT2D eigenvalue weighted by molar-refractivity contribution is 7.85. The second kappa shape index (κ2) is 11.1. The molecule has 2 aromatic rings. The Morgan fingerprint density at radius 1 is 1.04 bits per heavy atom. The molecule has 7 nitrogen and oxygen atoms in total. The first-order chi connectivity index (χ1) is 13.6. The maximum atomic E-state index is 12.2. The minimum atomic E-state index is -1.29. The molecule has 0 fully saturated rings. The Labute approximate surface area is 166 Å². The van der Waals surface area contributed by atoms with Crippen LogP contribution in [0.15, 0.2) is 53.4 Å². The number of benzene rings is 2. The van der Waals surface area contributed by atoms with Crippen LogP contribution >= 0.6 is 0 Å². The smallest absolute Gasteiger partial charge is 0.339 e. The second-order valence-electron chi connectivity index (χ2n) is 5.56. The van der Waals surface area contributed by atoms with E-state index in [9.17, 15) is 13.8 Å². The van der Waals surface area contributed by atoms with Gasteiger partial charge in [0.1, 0.15) is 6.61 Å². The third-order valence-electron chi connectivity index (χ3n) is 3.70. The molecular formula is C20H23NO6S. The molecule has 1 N–H and O–H groups in total. The molecular weight excluding hydrogens is 382 g/mol. The van der Waals surface area contributed by atoms with Gasteiger partial charge in [0, 0.05) is 5.75 Å². The lowest BCUT2D eigenvalue weighted by Crippen LogP contribution is -2.32. The Hall–Kier alpha value is -2.87. The third-order valence-corrected chi connectivity index (χ3v) is 5.07. The fourth-order valence-electron chi connectivity index (χ4n) is 2.34. The summed E-state index contributed by atoms with van der Waals surface area (Å²) in [5.74, 6) is 0.428. The lowest BCUT2D eigenvalue weighted by Gasteiger charge is -2.11. The summed E-state index contributed by atoms with van der Waals surface area (Å²) in [6.45, 7) is 1.81. The lowest BCUT2D eigenvalue weighted by molar-refractivity contribution is -0.124. The number of esters is 1. The summed E-state index contributed by atoms with van der Waals surface area (Å²) in [6.07, 6.45) is 0. The van der Waals surface area contributed by atoms with E-state index < -0.39 is 29.3 Å². The summed E-state index contributed by atoms with van der Waals surface area (Å²) < 4.78 is 27.8. The van der Waals surface area contributed by atoms with Crippen LogP contribution in [0.25, 0.3) is 0 Å². The van der Waals surface area contributed by atoms with Crippen molar-refractivity contribution < 1.29 is 28.0 Å². The molecule has 1 amide bonds. The number of ether oxygens (including phenoxy) is 3. The van der Waals surface area contributed by atoms with Crippen molar-refractivity contribution in [1.82, 2.24) is 5.32 Å². The van der Waals surface area contributed by atoms with Crippen LogP contribution in [0.4, 0.5) is 0 Å². The number of para-hydroxylation sites is 2. The molecule has 0 unspecified atom stereocenters. The second-order valence-corrected chi connectivity index (χ2v) is 7.26. The van der Waals surface area contributed by atoms with Crippen LogP contribution in [0.5, 0.6) is 11.5 Å². The Morgan fingerprint density at radius 2 is 1.71 bits per heavy atom. The van der Waals surface area contributed by atoms with Gasteiger partial charge in [-0.05, 0) is 24.3 Å². The van der Waals surface area contributed by atoms with Gasteiger partial charge in [-0.25, -0.2) is 4.79 Å². The number of carbonyl (C=O) groups is 2. The van der Waals surface area contributed by atoms with Gasteiger partial charge in [-0.1, -0.05) is 31.2 Å². The topological polar surface area (TPSA) is 90.9 Å². The van der Waals surface area contributed by atoms with Gasteiger partial charge in [0.05, 0.1) is 34.9 Å². The van der Waals surface area contributed by atoms with Crippen LogP contribution in [-0.2, 0) is 20.3 Å². The fraction of sp³-hybridized carbons (Fsp3) is 0.300. The Balaban J connectivity index is 1.77. The summed E-state index contributed by atoms with van der Waals surface area (Å²) in [5.41, 5.74) is 0.204. The molecule has 2 aromatic carbocycles. The van der Waals surface area contributed by atoms with Gasteiger partial charge in [-0.3, -0.25) is 9.00 Å². The highest BCUT2D eigenvalue weighted by atomic mass is 32.2. The standard InChI is InChI=1S/C20H23NO6S/c1-3-28(24)18-11-7-4-8-15(18)20(23)27-14-19(22)21-12-13-26-17-10-6-5-9-16(17)25-2/h4-11H,3,12-14H2,1-2H3,(H,21,22)/t28-/m1/s1. The van der Waals surface area contributed by atoms with E-state index in [0.29, 0.717) is 22.1 Å². The van der Waals surface area contributed by atoms with E-state index >= 15 is 0 Å². The lowest BCUT2D eigenvalue weighted by atomic mass is 10.2. The van der Waals surface area contributed by atoms with Crippen molar-refractivity contribution in [2.75, 3.05) is 32.6 Å². The maximum Gasteiger partial charge on any atom is 0.339 e. The Bertz CT molecular complexity index is 839. The summed E-state index contributed by atoms with van der Waals surface area (Å²) >= 11 is 0. The number of hydrogen-bond donors (Lipinski definition) is 1. The summed E-state index contributed by atoms with van der Waals surface area (Å²) in [4.78, 5) is 24.5. The van der Waals surface area contributed by atoms with E-state index in [-0.39, 0.29) is 18.7 Å². The Kier molecular flexibility index (Phi) is 8.48. The normalized spacial score (nSPS) is 11.4. The molecule has 2 rings (SSSR count). The molecule has 0 radical (unpaired) electrons. The monoisotopic (exact) mass is 405 g/mol. The predicted octanol–water partition coefficient (Wildman–Crippen LogP) is 2.17. The zero-order chi connectivity index (χ0) is 20.4. The number of nitrogens with one attached hydrogen (secondary N) is 1. The van der Waals surface area contributed by atoms with E-state index in [1.54, 1.807) is 44.4 Å². The molecule has 0 aliphatic heterocycles. The first-order valence-electron chi connectivity index (χ1n) is 8.73. The molecule has 8 heteroatoms. The number of methoxy groups -OCH3 is 1. The van der Waals surface area contributed by atoms with Crippen molar-refractivity contribution in [2.45, 2.75) is 11.8 Å². The molecule has 150 valence electrons. The van der Waals surface area contributed by atoms with Gasteiger partial charge < -0.3 is 19.5 Å². The molecule has 0 bridgehead atoms. The summed E-state index contributed by atoms with van der Waals surface area (Å²) in [6, 6.07) is 13.7. The number of amides is 1. The zero-order valence-electron chi connectivity index (χ0n) is 15.8. The highest BCUT2D eigenvalue weighted by Gasteiger charge is 2.17. The maximum absolute atomic E-state index is 12.2. The van der Waals surface area contributed by atoms with Gasteiger partial charge in [0.15, 0.2) is 18.1 Å². The van der Waals surface area contributed by atoms with E-state index in [0.717, 1.165) is 0 Å². The van der Waals surface area contributed by atoms with Gasteiger partial charge in [0.2, 0.25) is 0 Å². The van der Waals surface area contributed by atoms with E-state index in [1.807, 2.05) is 12.1 Å². The molecule has 1 atom stereocenters. The largest absolute Gasteiger partial charge is 0.493 e. The Morgan fingerprint density at radius 3 is 2.43 bits per heavy atom. The predicted molar refractivity (Wildman–Crippen MR) is 105 cm³/mol. The number of carbonyl (C=O) groups excluding carboxylic acids is 2. The van der Waals surface area contributed by atoms with Crippen molar-refractivity contribution >= 4 is 22.7 Å². The van der Waals surface area contributed by atoms with E-state index in [1.165, 1.54) is 6.07 Å². The summed E-state index contributed by atoms with van der Waals surface area (Å²) in [5, 5.41) is 2.60. The van der Waals surface area contributed by atoms with Crippen LogP contribution in [-0.4, -0.2) is 48.7 Å². The first kappa shape index (κ1) is 21.4.